The van der Waals surface area contributed by atoms with Crippen LogP contribution in [0.5, 0.6) is 11.5 Å². The number of nitrogens with one attached hydrogen (secondary N) is 2. The van der Waals surface area contributed by atoms with Crippen LogP contribution in [0.2, 0.25) is 5.02 Å². The quantitative estimate of drug-likeness (QED) is 0.401. The van der Waals surface area contributed by atoms with Gasteiger partial charge in [0.15, 0.2) is 6.61 Å². The molecule has 0 saturated carbocycles. The van der Waals surface area contributed by atoms with E-state index in [1.165, 1.54) is 30.9 Å². The number of hydrogen-bond donors (Lipinski definition) is 2. The molecule has 0 aliphatic rings. The van der Waals surface area contributed by atoms with Crippen LogP contribution in [0.4, 0.5) is 5.69 Å². The summed E-state index contributed by atoms with van der Waals surface area (Å²) in [7, 11) is -2.34. The van der Waals surface area contributed by atoms with Crippen molar-refractivity contribution < 1.29 is 22.7 Å². The Labute approximate surface area is 211 Å². The first kappa shape index (κ1) is 26.4. The molecule has 0 heterocycles. The number of benzene rings is 3. The lowest BCUT2D eigenvalue weighted by molar-refractivity contribution is -0.123. The summed E-state index contributed by atoms with van der Waals surface area (Å²) in [6, 6.07) is 14.5. The Kier molecular flexibility index (Phi) is 8.30. The van der Waals surface area contributed by atoms with Crippen LogP contribution in [0.1, 0.15) is 35.2 Å². The van der Waals surface area contributed by atoms with E-state index in [0.29, 0.717) is 11.4 Å². The minimum absolute atomic E-state index is 0.0334. The number of carbonyl (C=O) groups excluding carboxylic acids is 1. The summed E-state index contributed by atoms with van der Waals surface area (Å²) < 4.78 is 38.5. The van der Waals surface area contributed by atoms with E-state index in [2.05, 4.69) is 29.1 Å². The van der Waals surface area contributed by atoms with E-state index in [1.54, 1.807) is 24.3 Å². The van der Waals surface area contributed by atoms with Crippen LogP contribution in [0.3, 0.4) is 0 Å². The maximum atomic E-state index is 12.7. The van der Waals surface area contributed by atoms with Crippen molar-refractivity contribution in [3.63, 3.8) is 0 Å². The van der Waals surface area contributed by atoms with E-state index < -0.39 is 10.0 Å². The molecule has 9 heteroatoms. The van der Waals surface area contributed by atoms with Crippen LogP contribution < -0.4 is 19.5 Å². The largest absolute Gasteiger partial charge is 0.497 e. The van der Waals surface area contributed by atoms with Crippen LogP contribution in [-0.2, 0) is 14.8 Å². The van der Waals surface area contributed by atoms with Crippen LogP contribution >= 0.6 is 11.6 Å². The average Bonchev–Trinajstić information content (AvgIpc) is 2.80. The SMILES string of the molecule is COc1ccc(NS(=O)(=O)c2ccc(OCC(=O)N[C@@H](C)c3cc(C)c(C)cc3C)c(Cl)c2)cc1. The van der Waals surface area contributed by atoms with Gasteiger partial charge >= 0.3 is 0 Å². The maximum absolute atomic E-state index is 12.7. The molecule has 0 fully saturated rings. The molecule has 3 aromatic carbocycles. The fourth-order valence-corrected chi connectivity index (χ4v) is 4.98. The van der Waals surface area contributed by atoms with Crippen molar-refractivity contribution in [1.29, 1.82) is 0 Å². The van der Waals surface area contributed by atoms with Gasteiger partial charge in [-0.05, 0) is 92.4 Å². The minimum atomic E-state index is -3.87. The highest BCUT2D eigenvalue weighted by Gasteiger charge is 2.18. The van der Waals surface area contributed by atoms with Crippen LogP contribution in [0.15, 0.2) is 59.5 Å². The number of amides is 1. The molecule has 3 aromatic rings. The predicted octanol–water partition coefficient (Wildman–Crippen LogP) is 5.33. The van der Waals surface area contributed by atoms with Gasteiger partial charge < -0.3 is 14.8 Å². The maximum Gasteiger partial charge on any atom is 0.261 e. The van der Waals surface area contributed by atoms with Gasteiger partial charge in [0.2, 0.25) is 0 Å². The third kappa shape index (κ3) is 6.68. The van der Waals surface area contributed by atoms with Crippen LogP contribution in [0.25, 0.3) is 0 Å². The first-order chi connectivity index (χ1) is 16.5. The number of halogens is 1. The smallest absolute Gasteiger partial charge is 0.261 e. The molecule has 0 aromatic heterocycles. The molecule has 0 saturated heterocycles. The van der Waals surface area contributed by atoms with E-state index in [-0.39, 0.29) is 34.2 Å². The second-order valence-corrected chi connectivity index (χ2v) is 10.4. The number of carbonyl (C=O) groups is 1. The van der Waals surface area contributed by atoms with Gasteiger partial charge in [0.1, 0.15) is 11.5 Å². The number of hydrogen-bond acceptors (Lipinski definition) is 5. The van der Waals surface area contributed by atoms with Crippen LogP contribution in [-0.4, -0.2) is 28.0 Å². The molecule has 0 bridgehead atoms. The van der Waals surface area contributed by atoms with E-state index >= 15 is 0 Å². The molecule has 0 aliphatic heterocycles. The molecule has 0 unspecified atom stereocenters. The van der Waals surface area contributed by atoms with Crippen molar-refractivity contribution in [2.75, 3.05) is 18.4 Å². The summed E-state index contributed by atoms with van der Waals surface area (Å²) in [6.45, 7) is 7.76. The van der Waals surface area contributed by atoms with Crippen LogP contribution in [0, 0.1) is 20.8 Å². The lowest BCUT2D eigenvalue weighted by Gasteiger charge is -2.19. The zero-order valence-electron chi connectivity index (χ0n) is 20.3. The molecule has 1 atom stereocenters. The van der Waals surface area contributed by atoms with Gasteiger partial charge in [-0.3, -0.25) is 9.52 Å². The summed E-state index contributed by atoms with van der Waals surface area (Å²) in [6.07, 6.45) is 0. The van der Waals surface area contributed by atoms with Crippen molar-refractivity contribution in [3.8, 4) is 11.5 Å². The fraction of sp³-hybridized carbons (Fsp3) is 0.269. The number of sulfonamides is 1. The molecule has 1 amide bonds. The van der Waals surface area contributed by atoms with Gasteiger partial charge in [-0.25, -0.2) is 8.42 Å². The Bertz CT molecular complexity index is 1320. The number of anilines is 1. The topological polar surface area (TPSA) is 93.7 Å². The molecular weight excluding hydrogens is 488 g/mol. The van der Waals surface area contributed by atoms with Crippen molar-refractivity contribution >= 4 is 33.2 Å². The molecule has 3 rings (SSSR count). The fourth-order valence-electron chi connectivity index (χ4n) is 3.59. The lowest BCUT2D eigenvalue weighted by Crippen LogP contribution is -2.31. The monoisotopic (exact) mass is 516 g/mol. The highest BCUT2D eigenvalue weighted by atomic mass is 35.5. The lowest BCUT2D eigenvalue weighted by atomic mass is 9.96. The summed E-state index contributed by atoms with van der Waals surface area (Å²) in [5, 5.41) is 3.00. The molecular formula is C26H29ClN2O5S. The van der Waals surface area contributed by atoms with Crippen molar-refractivity contribution in [1.82, 2.24) is 5.32 Å². The number of aryl methyl sites for hydroxylation is 3. The zero-order chi connectivity index (χ0) is 25.8. The second kappa shape index (κ2) is 11.0. The van der Waals surface area contributed by atoms with Gasteiger partial charge in [0.25, 0.3) is 15.9 Å². The number of ether oxygens (including phenoxy) is 2. The summed E-state index contributed by atoms with van der Waals surface area (Å²) in [5.41, 5.74) is 4.88. The minimum Gasteiger partial charge on any atom is -0.497 e. The van der Waals surface area contributed by atoms with E-state index in [1.807, 2.05) is 20.8 Å². The molecule has 0 radical (unpaired) electrons. The first-order valence-electron chi connectivity index (χ1n) is 11.0. The third-order valence-corrected chi connectivity index (χ3v) is 7.32. The van der Waals surface area contributed by atoms with E-state index in [4.69, 9.17) is 21.1 Å². The Morgan fingerprint density at radius 3 is 2.26 bits per heavy atom. The summed E-state index contributed by atoms with van der Waals surface area (Å²) in [5.74, 6) is 0.504. The Morgan fingerprint density at radius 1 is 0.971 bits per heavy atom. The number of rotatable bonds is 9. The zero-order valence-corrected chi connectivity index (χ0v) is 21.9. The predicted molar refractivity (Wildman–Crippen MR) is 138 cm³/mol. The second-order valence-electron chi connectivity index (χ2n) is 8.30. The molecule has 186 valence electrons. The summed E-state index contributed by atoms with van der Waals surface area (Å²) >= 11 is 6.25. The number of methoxy groups -OCH3 is 1. The Balaban J connectivity index is 1.62. The third-order valence-electron chi connectivity index (χ3n) is 5.64. The van der Waals surface area contributed by atoms with Gasteiger partial charge in [0.05, 0.1) is 23.1 Å². The average molecular weight is 517 g/mol. The first-order valence-corrected chi connectivity index (χ1v) is 12.8. The van der Waals surface area contributed by atoms with Gasteiger partial charge in [-0.15, -0.1) is 0 Å². The molecule has 2 N–H and O–H groups in total. The molecule has 7 nitrogen and oxygen atoms in total. The molecule has 35 heavy (non-hydrogen) atoms. The Hall–Kier alpha value is -3.23. The standard InChI is InChI=1S/C26H29ClN2O5S/c1-16-12-18(3)23(13-17(16)2)19(4)28-26(30)15-34-25-11-10-22(14-24(25)27)35(31,32)29-20-6-8-21(33-5)9-7-20/h6-14,19,29H,15H2,1-5H3,(H,28,30)/t19-/m0/s1. The van der Waals surface area contributed by atoms with Gasteiger partial charge in [-0.2, -0.15) is 0 Å². The molecule has 0 spiro atoms. The molecule has 0 aliphatic carbocycles. The van der Waals surface area contributed by atoms with Gasteiger partial charge in [0, 0.05) is 5.69 Å². The Morgan fingerprint density at radius 2 is 1.63 bits per heavy atom. The van der Waals surface area contributed by atoms with Crippen molar-refractivity contribution in [2.24, 2.45) is 0 Å². The normalized spacial score (nSPS) is 12.1. The highest BCUT2D eigenvalue weighted by molar-refractivity contribution is 7.92. The summed E-state index contributed by atoms with van der Waals surface area (Å²) in [4.78, 5) is 12.4. The van der Waals surface area contributed by atoms with Crippen molar-refractivity contribution in [3.05, 3.63) is 81.9 Å². The van der Waals surface area contributed by atoms with Gasteiger partial charge in [-0.1, -0.05) is 23.7 Å². The van der Waals surface area contributed by atoms with E-state index in [9.17, 15) is 13.2 Å². The van der Waals surface area contributed by atoms with Crippen molar-refractivity contribution in [2.45, 2.75) is 38.6 Å². The highest BCUT2D eigenvalue weighted by Crippen LogP contribution is 2.29. The van der Waals surface area contributed by atoms with E-state index in [0.717, 1.165) is 16.7 Å².